The molecule has 0 bridgehead atoms. The third-order valence-electron chi connectivity index (χ3n) is 6.12. The van der Waals surface area contributed by atoms with Gasteiger partial charge in [-0.1, -0.05) is 6.42 Å². The number of pyridine rings is 1. The van der Waals surface area contributed by atoms with Crippen LogP contribution in [-0.2, 0) is 23.2 Å². The molecular weight excluding hydrogens is 392 g/mol. The lowest BCUT2D eigenvalue weighted by Crippen LogP contribution is -2.55. The van der Waals surface area contributed by atoms with Crippen LogP contribution >= 0.6 is 0 Å². The van der Waals surface area contributed by atoms with Crippen molar-refractivity contribution in [3.63, 3.8) is 0 Å². The number of piperidine rings is 1. The van der Waals surface area contributed by atoms with Crippen LogP contribution in [0.15, 0.2) is 6.07 Å². The third-order valence-corrected chi connectivity index (χ3v) is 8.15. The quantitative estimate of drug-likeness (QED) is 0.743. The Balaban J connectivity index is 1.44. The number of nitrogen functional groups attached to an aromatic ring is 1. The van der Waals surface area contributed by atoms with Gasteiger partial charge in [-0.05, 0) is 31.5 Å². The zero-order valence-electron chi connectivity index (χ0n) is 17.0. The number of aromatic nitrogens is 1. The highest BCUT2D eigenvalue weighted by Gasteiger charge is 2.34. The van der Waals surface area contributed by atoms with Gasteiger partial charge in [-0.25, -0.2) is 4.98 Å². The fraction of sp³-hybridized carbons (Fsp3) is 0.684. The van der Waals surface area contributed by atoms with Crippen LogP contribution in [0.5, 0.6) is 0 Å². The molecule has 2 fully saturated rings. The first kappa shape index (κ1) is 20.5. The number of hydrogen-bond donors (Lipinski definition) is 1. The molecule has 0 spiro atoms. The van der Waals surface area contributed by atoms with E-state index in [0.29, 0.717) is 44.8 Å². The van der Waals surface area contributed by atoms with E-state index in [9.17, 15) is 13.2 Å². The standard InChI is InChI=1S/C19H30N6O3S/c1-22-8-5-17-15(14-22)13-16(18(20)21-17)19(26)23-9-11-25(12-10-23)29(27,28)24-6-3-2-4-7-24/h13H,2-12,14H2,1H3,(H2,20,21). The molecule has 2 saturated heterocycles. The maximum atomic E-state index is 13.1. The van der Waals surface area contributed by atoms with Crippen molar-refractivity contribution in [3.05, 3.63) is 22.9 Å². The summed E-state index contributed by atoms with van der Waals surface area (Å²) in [6.07, 6.45) is 3.74. The van der Waals surface area contributed by atoms with Crippen molar-refractivity contribution in [1.29, 1.82) is 0 Å². The summed E-state index contributed by atoms with van der Waals surface area (Å²) in [6.45, 7) is 4.22. The van der Waals surface area contributed by atoms with Gasteiger partial charge < -0.3 is 15.5 Å². The molecule has 160 valence electrons. The van der Waals surface area contributed by atoms with Gasteiger partial charge in [0.05, 0.1) is 5.56 Å². The zero-order chi connectivity index (χ0) is 20.6. The molecule has 4 rings (SSSR count). The minimum atomic E-state index is -3.44. The van der Waals surface area contributed by atoms with E-state index in [2.05, 4.69) is 9.88 Å². The maximum Gasteiger partial charge on any atom is 0.282 e. The van der Waals surface area contributed by atoms with Crippen molar-refractivity contribution in [2.75, 3.05) is 58.6 Å². The summed E-state index contributed by atoms with van der Waals surface area (Å²) >= 11 is 0. The normalized spacial score (nSPS) is 22.4. The number of hydrogen-bond acceptors (Lipinski definition) is 6. The van der Waals surface area contributed by atoms with Gasteiger partial charge in [-0.2, -0.15) is 17.0 Å². The summed E-state index contributed by atoms with van der Waals surface area (Å²) in [5, 5.41) is 0. The molecule has 2 N–H and O–H groups in total. The number of nitrogens with zero attached hydrogens (tertiary/aromatic N) is 5. The first-order valence-corrected chi connectivity index (χ1v) is 11.8. The summed E-state index contributed by atoms with van der Waals surface area (Å²) < 4.78 is 28.8. The van der Waals surface area contributed by atoms with Crippen molar-refractivity contribution >= 4 is 21.9 Å². The van der Waals surface area contributed by atoms with E-state index in [0.717, 1.165) is 50.0 Å². The Hall–Kier alpha value is -1.75. The SMILES string of the molecule is CN1CCc2nc(N)c(C(=O)N3CCN(S(=O)(=O)N4CCCCC4)CC3)cc2C1. The zero-order valence-corrected chi connectivity index (χ0v) is 17.8. The largest absolute Gasteiger partial charge is 0.383 e. The molecule has 0 unspecified atom stereocenters. The molecule has 1 amide bonds. The van der Waals surface area contributed by atoms with Gasteiger partial charge >= 0.3 is 0 Å². The Kier molecular flexibility index (Phi) is 5.78. The van der Waals surface area contributed by atoms with Crippen LogP contribution in [0.25, 0.3) is 0 Å². The second kappa shape index (κ2) is 8.17. The Labute approximate surface area is 172 Å². The van der Waals surface area contributed by atoms with Crippen molar-refractivity contribution in [1.82, 2.24) is 23.4 Å². The lowest BCUT2D eigenvalue weighted by molar-refractivity contribution is 0.0694. The molecule has 1 aromatic rings. The Morgan fingerprint density at radius 1 is 1.00 bits per heavy atom. The molecular formula is C19H30N6O3S. The molecule has 3 aliphatic heterocycles. The number of anilines is 1. The first-order chi connectivity index (χ1) is 13.9. The molecule has 10 heteroatoms. The smallest absolute Gasteiger partial charge is 0.282 e. The van der Waals surface area contributed by atoms with Gasteiger partial charge in [0, 0.05) is 64.5 Å². The monoisotopic (exact) mass is 422 g/mol. The van der Waals surface area contributed by atoms with Crippen LogP contribution in [0.2, 0.25) is 0 Å². The van der Waals surface area contributed by atoms with E-state index in [1.807, 2.05) is 13.1 Å². The summed E-state index contributed by atoms with van der Waals surface area (Å²) in [4.78, 5) is 21.4. The number of fused-ring (bicyclic) bond motifs is 1. The highest BCUT2D eigenvalue weighted by atomic mass is 32.2. The maximum absolute atomic E-state index is 13.1. The Morgan fingerprint density at radius 3 is 2.34 bits per heavy atom. The summed E-state index contributed by atoms with van der Waals surface area (Å²) in [5.41, 5.74) is 8.53. The number of rotatable bonds is 3. The van der Waals surface area contributed by atoms with Gasteiger partial charge in [-0.3, -0.25) is 4.79 Å². The number of amides is 1. The van der Waals surface area contributed by atoms with E-state index < -0.39 is 10.2 Å². The van der Waals surface area contributed by atoms with Crippen molar-refractivity contribution < 1.29 is 13.2 Å². The van der Waals surface area contributed by atoms with Crippen molar-refractivity contribution in [2.45, 2.75) is 32.2 Å². The fourth-order valence-corrected chi connectivity index (χ4v) is 6.02. The topological polar surface area (TPSA) is 103 Å². The third kappa shape index (κ3) is 4.11. The number of carbonyl (C=O) groups is 1. The highest BCUT2D eigenvalue weighted by molar-refractivity contribution is 7.86. The van der Waals surface area contributed by atoms with Crippen LogP contribution in [0.3, 0.4) is 0 Å². The summed E-state index contributed by atoms with van der Waals surface area (Å²) in [7, 11) is -1.39. The van der Waals surface area contributed by atoms with Gasteiger partial charge in [0.25, 0.3) is 16.1 Å². The summed E-state index contributed by atoms with van der Waals surface area (Å²) in [5.74, 6) is 0.0997. The van der Waals surface area contributed by atoms with E-state index >= 15 is 0 Å². The van der Waals surface area contributed by atoms with Crippen LogP contribution in [0.4, 0.5) is 5.82 Å². The van der Waals surface area contributed by atoms with Gasteiger partial charge in [0.15, 0.2) is 0 Å². The van der Waals surface area contributed by atoms with Crippen LogP contribution in [-0.4, -0.2) is 90.6 Å². The van der Waals surface area contributed by atoms with E-state index in [4.69, 9.17) is 5.73 Å². The Morgan fingerprint density at radius 2 is 1.66 bits per heavy atom. The van der Waals surface area contributed by atoms with Crippen LogP contribution in [0, 0.1) is 0 Å². The molecule has 1 aromatic heterocycles. The van der Waals surface area contributed by atoms with E-state index in [-0.39, 0.29) is 11.7 Å². The molecule has 3 aliphatic rings. The molecule has 0 radical (unpaired) electrons. The first-order valence-electron chi connectivity index (χ1n) is 10.4. The molecule has 0 aromatic carbocycles. The number of nitrogens with two attached hydrogens (primary N) is 1. The predicted octanol–water partition coefficient (Wildman–Crippen LogP) is 0.140. The minimum Gasteiger partial charge on any atom is -0.383 e. The van der Waals surface area contributed by atoms with Crippen LogP contribution < -0.4 is 5.73 Å². The molecule has 4 heterocycles. The number of likely N-dealkylation sites (N-methyl/N-ethyl adjacent to an activating group) is 1. The molecule has 9 nitrogen and oxygen atoms in total. The van der Waals surface area contributed by atoms with Gasteiger partial charge in [0.2, 0.25) is 0 Å². The van der Waals surface area contributed by atoms with Crippen LogP contribution in [0.1, 0.15) is 40.9 Å². The Bertz CT molecular complexity index is 876. The lowest BCUT2D eigenvalue weighted by Gasteiger charge is -2.37. The van der Waals surface area contributed by atoms with Gasteiger partial charge in [0.1, 0.15) is 5.82 Å². The lowest BCUT2D eigenvalue weighted by atomic mass is 10.0. The molecule has 0 saturated carbocycles. The van der Waals surface area contributed by atoms with Gasteiger partial charge in [-0.15, -0.1) is 0 Å². The van der Waals surface area contributed by atoms with Crippen molar-refractivity contribution in [3.8, 4) is 0 Å². The average molecular weight is 423 g/mol. The minimum absolute atomic E-state index is 0.166. The molecule has 0 aliphatic carbocycles. The number of carbonyl (C=O) groups excluding carboxylic acids is 1. The second-order valence-corrected chi connectivity index (χ2v) is 10.1. The number of piperazine rings is 1. The summed E-state index contributed by atoms with van der Waals surface area (Å²) in [6, 6.07) is 1.87. The average Bonchev–Trinajstić information content (AvgIpc) is 2.74. The van der Waals surface area contributed by atoms with Crippen molar-refractivity contribution in [2.24, 2.45) is 0 Å². The van der Waals surface area contributed by atoms with E-state index in [1.54, 1.807) is 9.21 Å². The molecule has 29 heavy (non-hydrogen) atoms. The second-order valence-electron chi connectivity index (χ2n) is 8.17. The molecule has 0 atom stereocenters. The fourth-order valence-electron chi connectivity index (χ4n) is 4.35. The predicted molar refractivity (Wildman–Crippen MR) is 111 cm³/mol. The highest BCUT2D eigenvalue weighted by Crippen LogP contribution is 2.23. The van der Waals surface area contributed by atoms with E-state index in [1.165, 1.54) is 4.31 Å².